The molecular formula is C23H17ClF4N8O. The van der Waals surface area contributed by atoms with Gasteiger partial charge in [0.15, 0.2) is 11.5 Å². The molecule has 0 unspecified atom stereocenters. The minimum atomic E-state index is -4.56. The van der Waals surface area contributed by atoms with Gasteiger partial charge in [-0.1, -0.05) is 16.8 Å². The van der Waals surface area contributed by atoms with Crippen molar-refractivity contribution in [2.75, 3.05) is 0 Å². The molecule has 1 fully saturated rings. The maximum Gasteiger partial charge on any atom is 0.433 e. The van der Waals surface area contributed by atoms with Crippen molar-refractivity contribution in [2.45, 2.75) is 38.0 Å². The molecule has 1 aliphatic rings. The minimum absolute atomic E-state index is 0.00735. The van der Waals surface area contributed by atoms with E-state index in [9.17, 15) is 22.4 Å². The monoisotopic (exact) mass is 532 g/mol. The zero-order valence-electron chi connectivity index (χ0n) is 18.9. The number of nitrogens with one attached hydrogen (secondary N) is 1. The number of nitrogens with zero attached hydrogens (tertiary/aromatic N) is 7. The summed E-state index contributed by atoms with van der Waals surface area (Å²) in [6.45, 7) is -0.0805. The molecule has 0 spiro atoms. The van der Waals surface area contributed by atoms with Gasteiger partial charge in [-0.15, -0.1) is 5.10 Å². The molecule has 0 aliphatic heterocycles. The van der Waals surface area contributed by atoms with Crippen LogP contribution >= 0.6 is 11.6 Å². The summed E-state index contributed by atoms with van der Waals surface area (Å²) in [5, 5.41) is 14.4. The van der Waals surface area contributed by atoms with Crippen molar-refractivity contribution < 1.29 is 22.4 Å². The lowest BCUT2D eigenvalue weighted by Crippen LogP contribution is -2.23. The summed E-state index contributed by atoms with van der Waals surface area (Å²) in [6.07, 6.45) is 1.49. The molecule has 0 atom stereocenters. The van der Waals surface area contributed by atoms with Crippen LogP contribution in [0.1, 0.15) is 51.9 Å². The molecule has 1 aliphatic carbocycles. The van der Waals surface area contributed by atoms with Gasteiger partial charge in [-0.2, -0.15) is 18.3 Å². The van der Waals surface area contributed by atoms with Crippen LogP contribution in [0.15, 0.2) is 43.0 Å². The minimum Gasteiger partial charge on any atom is -0.345 e. The molecule has 0 radical (unpaired) electrons. The van der Waals surface area contributed by atoms with Gasteiger partial charge >= 0.3 is 6.18 Å². The van der Waals surface area contributed by atoms with Gasteiger partial charge in [0.05, 0.1) is 47.5 Å². The number of hydrogen-bond acceptors (Lipinski definition) is 5. The molecule has 37 heavy (non-hydrogen) atoms. The van der Waals surface area contributed by atoms with Crippen molar-refractivity contribution in [3.63, 3.8) is 0 Å². The Bertz CT molecular complexity index is 1670. The van der Waals surface area contributed by atoms with Gasteiger partial charge in [0, 0.05) is 6.20 Å². The third kappa shape index (κ3) is 4.39. The Morgan fingerprint density at radius 3 is 2.78 bits per heavy atom. The molecule has 0 saturated heterocycles. The lowest BCUT2D eigenvalue weighted by molar-refractivity contribution is -0.142. The Balaban J connectivity index is 1.19. The SMILES string of the molecule is O=C(NCc1ncn2ccc(Cl)c(F)c12)c1cn(Cc2cc3cc(C4CC4)cc(C(F)(F)F)n3n2)nn1. The first-order valence-corrected chi connectivity index (χ1v) is 11.6. The fraction of sp³-hybridized carbons (Fsp3) is 0.261. The van der Waals surface area contributed by atoms with Gasteiger partial charge in [-0.25, -0.2) is 18.6 Å². The van der Waals surface area contributed by atoms with Crippen LogP contribution in [0.5, 0.6) is 0 Å². The van der Waals surface area contributed by atoms with E-state index in [1.807, 2.05) is 0 Å². The van der Waals surface area contributed by atoms with Gasteiger partial charge in [-0.3, -0.25) is 4.79 Å². The smallest absolute Gasteiger partial charge is 0.345 e. The van der Waals surface area contributed by atoms with Crippen molar-refractivity contribution >= 4 is 28.5 Å². The highest BCUT2D eigenvalue weighted by molar-refractivity contribution is 6.31. The number of carbonyl (C=O) groups is 1. The molecule has 5 aromatic heterocycles. The number of imidazole rings is 1. The van der Waals surface area contributed by atoms with Crippen LogP contribution in [0, 0.1) is 5.82 Å². The standard InChI is InChI=1S/C23H17ClF4N8O/c24-16-3-4-34-11-30-17(21(34)20(16)25)8-29-22(37)18-10-35(33-31-18)9-14-7-15-5-13(12-1-2-12)6-19(23(26,27)28)36(15)32-14/h3-7,10-12H,1-2,8-9H2,(H,29,37). The van der Waals surface area contributed by atoms with E-state index in [-0.39, 0.29) is 40.9 Å². The lowest BCUT2D eigenvalue weighted by atomic mass is 10.1. The number of pyridine rings is 2. The van der Waals surface area contributed by atoms with Crippen molar-refractivity contribution in [3.05, 3.63) is 82.2 Å². The largest absolute Gasteiger partial charge is 0.433 e. The summed E-state index contributed by atoms with van der Waals surface area (Å²) in [7, 11) is 0. The Morgan fingerprint density at radius 2 is 2.03 bits per heavy atom. The molecule has 190 valence electrons. The summed E-state index contributed by atoms with van der Waals surface area (Å²) in [5.41, 5.74) is 0.872. The molecule has 5 aromatic rings. The Kier molecular flexibility index (Phi) is 5.40. The maximum absolute atomic E-state index is 14.4. The van der Waals surface area contributed by atoms with Crippen molar-refractivity contribution in [2.24, 2.45) is 0 Å². The van der Waals surface area contributed by atoms with Crippen LogP contribution in [-0.4, -0.2) is 39.9 Å². The van der Waals surface area contributed by atoms with E-state index in [1.165, 1.54) is 27.7 Å². The fourth-order valence-electron chi connectivity index (χ4n) is 4.22. The van der Waals surface area contributed by atoms with Gasteiger partial charge in [0.2, 0.25) is 0 Å². The first-order valence-electron chi connectivity index (χ1n) is 11.2. The second-order valence-corrected chi connectivity index (χ2v) is 9.23. The average Bonchev–Trinajstić information content (AvgIpc) is 3.26. The first kappa shape index (κ1) is 23.4. The predicted molar refractivity (Wildman–Crippen MR) is 123 cm³/mol. The molecule has 0 bridgehead atoms. The van der Waals surface area contributed by atoms with Crippen LogP contribution in [0.4, 0.5) is 17.6 Å². The number of hydrogen-bond donors (Lipinski definition) is 1. The van der Waals surface area contributed by atoms with E-state index in [4.69, 9.17) is 11.6 Å². The Morgan fingerprint density at radius 1 is 1.22 bits per heavy atom. The van der Waals surface area contributed by atoms with Gasteiger partial charge in [0.1, 0.15) is 11.2 Å². The van der Waals surface area contributed by atoms with Gasteiger partial charge < -0.3 is 9.72 Å². The highest BCUT2D eigenvalue weighted by atomic mass is 35.5. The predicted octanol–water partition coefficient (Wildman–Crippen LogP) is 4.24. The number of amides is 1. The van der Waals surface area contributed by atoms with Gasteiger partial charge in [-0.05, 0) is 48.6 Å². The zero-order valence-corrected chi connectivity index (χ0v) is 19.6. The summed E-state index contributed by atoms with van der Waals surface area (Å²) in [6, 6.07) is 5.83. The van der Waals surface area contributed by atoms with Crippen molar-refractivity contribution in [1.29, 1.82) is 0 Å². The summed E-state index contributed by atoms with van der Waals surface area (Å²) in [5.74, 6) is -1.09. The summed E-state index contributed by atoms with van der Waals surface area (Å²) < 4.78 is 59.0. The number of rotatable bonds is 6. The van der Waals surface area contributed by atoms with Crippen molar-refractivity contribution in [3.8, 4) is 0 Å². The molecule has 5 heterocycles. The lowest BCUT2D eigenvalue weighted by Gasteiger charge is -2.11. The molecule has 6 rings (SSSR count). The van der Waals surface area contributed by atoms with E-state index in [0.29, 0.717) is 16.8 Å². The maximum atomic E-state index is 14.4. The zero-order chi connectivity index (χ0) is 25.9. The van der Waals surface area contributed by atoms with E-state index < -0.39 is 23.6 Å². The van der Waals surface area contributed by atoms with Crippen LogP contribution in [-0.2, 0) is 19.3 Å². The fourth-order valence-corrected chi connectivity index (χ4v) is 4.37. The van der Waals surface area contributed by atoms with E-state index in [0.717, 1.165) is 23.4 Å². The number of alkyl halides is 3. The Hall–Kier alpha value is -4.00. The average molecular weight is 533 g/mol. The summed E-state index contributed by atoms with van der Waals surface area (Å²) >= 11 is 5.84. The van der Waals surface area contributed by atoms with Crippen LogP contribution < -0.4 is 5.32 Å². The highest BCUT2D eigenvalue weighted by Gasteiger charge is 2.36. The van der Waals surface area contributed by atoms with E-state index in [1.54, 1.807) is 18.3 Å². The molecule has 1 amide bonds. The van der Waals surface area contributed by atoms with E-state index >= 15 is 0 Å². The Labute approximate surface area is 210 Å². The number of fused-ring (bicyclic) bond motifs is 2. The highest BCUT2D eigenvalue weighted by Crippen LogP contribution is 2.42. The van der Waals surface area contributed by atoms with Crippen LogP contribution in [0.25, 0.3) is 11.0 Å². The topological polar surface area (TPSA) is 94.4 Å². The quantitative estimate of drug-likeness (QED) is 0.330. The first-order chi connectivity index (χ1) is 17.7. The third-order valence-corrected chi connectivity index (χ3v) is 6.44. The second kappa shape index (κ2) is 8.54. The molecule has 14 heteroatoms. The third-order valence-electron chi connectivity index (χ3n) is 6.15. The van der Waals surface area contributed by atoms with Gasteiger partial charge in [0.25, 0.3) is 5.91 Å². The van der Waals surface area contributed by atoms with Crippen molar-refractivity contribution in [1.82, 2.24) is 39.3 Å². The molecular weight excluding hydrogens is 516 g/mol. The van der Waals surface area contributed by atoms with Crippen LogP contribution in [0.2, 0.25) is 5.02 Å². The number of carbonyl (C=O) groups excluding carboxylic acids is 1. The normalized spacial score (nSPS) is 14.1. The number of aromatic nitrogens is 7. The second-order valence-electron chi connectivity index (χ2n) is 8.83. The van der Waals surface area contributed by atoms with E-state index in [2.05, 4.69) is 25.7 Å². The number of halogens is 5. The molecule has 9 nitrogen and oxygen atoms in total. The molecule has 1 N–H and O–H groups in total. The van der Waals surface area contributed by atoms with Crippen LogP contribution in [0.3, 0.4) is 0 Å². The molecule has 0 aromatic carbocycles. The summed E-state index contributed by atoms with van der Waals surface area (Å²) in [4.78, 5) is 16.7. The molecule has 1 saturated carbocycles.